The van der Waals surface area contributed by atoms with E-state index in [4.69, 9.17) is 5.11 Å². The zero-order valence-corrected chi connectivity index (χ0v) is 25.4. The number of carbonyl (C=O) groups is 2. The number of anilines is 2. The number of nitrogens with one attached hydrogen (secondary N) is 3. The number of carboxylic acid groups (broad SMARTS) is 1. The molecule has 238 valence electrons. The van der Waals surface area contributed by atoms with Crippen molar-refractivity contribution in [3.63, 3.8) is 0 Å². The van der Waals surface area contributed by atoms with Gasteiger partial charge in [-0.3, -0.25) is 14.3 Å². The van der Waals surface area contributed by atoms with Gasteiger partial charge < -0.3 is 20.3 Å². The molecule has 1 saturated heterocycles. The molecule has 0 atom stereocenters. The number of fused-ring (bicyclic) bond motifs is 1. The lowest BCUT2D eigenvalue weighted by Crippen LogP contribution is -2.39. The van der Waals surface area contributed by atoms with Crippen molar-refractivity contribution >= 4 is 44.6 Å². The zero-order chi connectivity index (χ0) is 32.3. The van der Waals surface area contributed by atoms with Crippen LogP contribution in [0.4, 0.5) is 20.4 Å². The fourth-order valence-corrected chi connectivity index (χ4v) is 6.00. The number of carbonyl (C=O) groups excluding carboxylic acids is 1. The molecule has 4 N–H and O–H groups in total. The van der Waals surface area contributed by atoms with E-state index in [0.717, 1.165) is 42.4 Å². The number of piperidine rings is 1. The molecule has 1 aromatic carbocycles. The summed E-state index contributed by atoms with van der Waals surface area (Å²) in [4.78, 5) is 42.4. The Morgan fingerprint density at radius 1 is 1.11 bits per heavy atom. The van der Waals surface area contributed by atoms with Crippen molar-refractivity contribution in [3.05, 3.63) is 65.7 Å². The molecule has 16 heteroatoms. The minimum atomic E-state index is -4.13. The molecular formula is C29H32F2N8O5S. The van der Waals surface area contributed by atoms with Gasteiger partial charge >= 0.3 is 16.2 Å². The summed E-state index contributed by atoms with van der Waals surface area (Å²) in [7, 11) is -2.84. The monoisotopic (exact) mass is 642 g/mol. The molecule has 0 saturated carbocycles. The lowest BCUT2D eigenvalue weighted by atomic mass is 9.97. The minimum Gasteiger partial charge on any atom is -0.480 e. The Morgan fingerprint density at radius 3 is 2.47 bits per heavy atom. The van der Waals surface area contributed by atoms with E-state index in [1.165, 1.54) is 13.2 Å². The van der Waals surface area contributed by atoms with Crippen LogP contribution in [0.5, 0.6) is 0 Å². The van der Waals surface area contributed by atoms with Gasteiger partial charge in [-0.2, -0.15) is 12.7 Å². The predicted octanol–water partition coefficient (Wildman–Crippen LogP) is 3.03. The van der Waals surface area contributed by atoms with Gasteiger partial charge in [-0.25, -0.2) is 23.7 Å². The number of aromatic nitrogens is 4. The number of H-pyrrole nitrogens is 1. The average Bonchev–Trinajstić information content (AvgIpc) is 3.46. The molecule has 0 radical (unpaired) electrons. The van der Waals surface area contributed by atoms with E-state index in [-0.39, 0.29) is 18.7 Å². The number of nitrogens with zero attached hydrogens (tertiary/aromatic N) is 5. The van der Waals surface area contributed by atoms with Crippen molar-refractivity contribution in [1.82, 2.24) is 29.6 Å². The molecule has 45 heavy (non-hydrogen) atoms. The molecule has 1 aliphatic rings. The summed E-state index contributed by atoms with van der Waals surface area (Å²) in [6.07, 6.45) is 7.85. The van der Waals surface area contributed by atoms with Crippen molar-refractivity contribution in [3.8, 4) is 11.1 Å². The standard InChI is InChI=1S/C29H32F2N8O5S/c1-3-38(2)45(43,44)37-23-5-4-22(30)25(26(23)31)27(42)21-15-34-28-20(21)10-18(12-33-28)19-13-35-29(36-14-19)39-8-6-17(7-9-39)11-32-16-24(40)41/h4-5,10,12-15,17,32,37H,3,6-9,11,16H2,1-2H3,(H,33,34)(H,40,41). The maximum atomic E-state index is 15.4. The normalized spacial score (nSPS) is 14.3. The summed E-state index contributed by atoms with van der Waals surface area (Å²) in [5.74, 6) is -3.44. The second-order valence-electron chi connectivity index (χ2n) is 10.7. The summed E-state index contributed by atoms with van der Waals surface area (Å²) < 4.78 is 58.1. The number of benzene rings is 1. The number of halogens is 2. The van der Waals surface area contributed by atoms with Crippen molar-refractivity contribution in [1.29, 1.82) is 0 Å². The lowest BCUT2D eigenvalue weighted by molar-refractivity contribution is -0.136. The molecule has 0 amide bonds. The predicted molar refractivity (Wildman–Crippen MR) is 163 cm³/mol. The van der Waals surface area contributed by atoms with Crippen molar-refractivity contribution in [2.45, 2.75) is 19.8 Å². The molecule has 4 aromatic rings. The summed E-state index contributed by atoms with van der Waals surface area (Å²) in [5.41, 5.74) is -0.0428. The van der Waals surface area contributed by atoms with E-state index in [9.17, 15) is 22.4 Å². The van der Waals surface area contributed by atoms with Crippen LogP contribution in [0, 0.1) is 17.6 Å². The third-order valence-corrected chi connectivity index (χ3v) is 9.32. The van der Waals surface area contributed by atoms with Crippen molar-refractivity contribution in [2.75, 3.05) is 49.4 Å². The van der Waals surface area contributed by atoms with Crippen molar-refractivity contribution in [2.24, 2.45) is 5.92 Å². The van der Waals surface area contributed by atoms with Gasteiger partial charge in [0.25, 0.3) is 0 Å². The summed E-state index contributed by atoms with van der Waals surface area (Å²) in [6, 6.07) is 3.39. The Kier molecular flexibility index (Phi) is 9.36. The SMILES string of the molecule is CCN(C)S(=O)(=O)Nc1ccc(F)c(C(=O)c2c[nH]c3ncc(-c4cnc(N5CCC(CNCC(=O)O)CC5)nc4)cc23)c1F. The first-order valence-electron chi connectivity index (χ1n) is 14.2. The highest BCUT2D eigenvalue weighted by Gasteiger charge is 2.27. The summed E-state index contributed by atoms with van der Waals surface area (Å²) in [6.45, 7) is 3.73. The van der Waals surface area contributed by atoms with Gasteiger partial charge in [0, 0.05) is 73.5 Å². The average molecular weight is 643 g/mol. The van der Waals surface area contributed by atoms with Crippen LogP contribution in [-0.4, -0.2) is 89.3 Å². The van der Waals surface area contributed by atoms with E-state index in [1.54, 1.807) is 31.6 Å². The zero-order valence-electron chi connectivity index (χ0n) is 24.5. The number of pyridine rings is 1. The number of carboxylic acids is 1. The number of hydrogen-bond acceptors (Lipinski definition) is 9. The van der Waals surface area contributed by atoms with Crippen molar-refractivity contribution < 1.29 is 31.9 Å². The molecule has 1 aliphatic heterocycles. The Bertz CT molecular complexity index is 1830. The fourth-order valence-electron chi connectivity index (χ4n) is 5.06. The second-order valence-corrected chi connectivity index (χ2v) is 12.5. The fraction of sp³-hybridized carbons (Fsp3) is 0.345. The topological polar surface area (TPSA) is 174 Å². The van der Waals surface area contributed by atoms with Gasteiger partial charge in [0.1, 0.15) is 11.5 Å². The molecular weight excluding hydrogens is 610 g/mol. The molecule has 0 aliphatic carbocycles. The number of hydrogen-bond donors (Lipinski definition) is 4. The number of ketones is 1. The Morgan fingerprint density at radius 2 is 1.80 bits per heavy atom. The maximum Gasteiger partial charge on any atom is 0.317 e. The minimum absolute atomic E-state index is 0.0545. The van der Waals surface area contributed by atoms with Gasteiger partial charge in [-0.15, -0.1) is 0 Å². The summed E-state index contributed by atoms with van der Waals surface area (Å²) >= 11 is 0. The first kappa shape index (κ1) is 31.9. The number of aromatic amines is 1. The smallest absolute Gasteiger partial charge is 0.317 e. The molecule has 4 heterocycles. The highest BCUT2D eigenvalue weighted by atomic mass is 32.2. The van der Waals surface area contributed by atoms with E-state index in [1.807, 2.05) is 0 Å². The first-order valence-corrected chi connectivity index (χ1v) is 15.7. The third kappa shape index (κ3) is 6.92. The van der Waals surface area contributed by atoms with Gasteiger partial charge in [0.05, 0.1) is 17.8 Å². The largest absolute Gasteiger partial charge is 0.480 e. The first-order chi connectivity index (χ1) is 21.5. The van der Waals surface area contributed by atoms with E-state index >= 15 is 4.39 Å². The molecule has 0 unspecified atom stereocenters. The van der Waals surface area contributed by atoms with E-state index < -0.39 is 44.8 Å². The third-order valence-electron chi connectivity index (χ3n) is 7.77. The number of aliphatic carboxylic acids is 1. The molecule has 3 aromatic heterocycles. The van der Waals surface area contributed by atoms with Gasteiger partial charge in [-0.1, -0.05) is 6.92 Å². The molecule has 13 nitrogen and oxygen atoms in total. The van der Waals surface area contributed by atoms with Crippen LogP contribution in [0.1, 0.15) is 35.7 Å². The highest BCUT2D eigenvalue weighted by Crippen LogP contribution is 2.30. The van der Waals surface area contributed by atoms with Crippen LogP contribution >= 0.6 is 0 Å². The van der Waals surface area contributed by atoms with Crippen LogP contribution in [0.2, 0.25) is 0 Å². The second kappa shape index (κ2) is 13.2. The molecule has 0 bridgehead atoms. The van der Waals surface area contributed by atoms with Crippen LogP contribution in [0.15, 0.2) is 43.0 Å². The van der Waals surface area contributed by atoms with Crippen LogP contribution in [0.25, 0.3) is 22.2 Å². The van der Waals surface area contributed by atoms with Gasteiger partial charge in [0.2, 0.25) is 11.7 Å². The Balaban J connectivity index is 1.35. The highest BCUT2D eigenvalue weighted by molar-refractivity contribution is 7.90. The quantitative estimate of drug-likeness (QED) is 0.168. The number of rotatable bonds is 12. The molecule has 5 rings (SSSR count). The molecule has 1 fully saturated rings. The van der Waals surface area contributed by atoms with Gasteiger partial charge in [-0.05, 0) is 43.5 Å². The maximum absolute atomic E-state index is 15.4. The van der Waals surface area contributed by atoms with Crippen LogP contribution in [-0.2, 0) is 15.0 Å². The lowest BCUT2D eigenvalue weighted by Gasteiger charge is -2.32. The molecule has 0 spiro atoms. The van der Waals surface area contributed by atoms with E-state index in [0.29, 0.717) is 40.6 Å². The Labute approximate surface area is 257 Å². The van der Waals surface area contributed by atoms with Crippen LogP contribution in [0.3, 0.4) is 0 Å². The van der Waals surface area contributed by atoms with Crippen LogP contribution < -0.4 is 14.9 Å². The van der Waals surface area contributed by atoms with Gasteiger partial charge in [0.15, 0.2) is 5.82 Å². The van der Waals surface area contributed by atoms with E-state index in [2.05, 4.69) is 34.9 Å². The Hall–Kier alpha value is -4.54. The summed E-state index contributed by atoms with van der Waals surface area (Å²) in [5, 5.41) is 12.0.